The summed E-state index contributed by atoms with van der Waals surface area (Å²) < 4.78 is 10.2. The Bertz CT molecular complexity index is 416. The number of benzene rings is 1. The van der Waals surface area contributed by atoms with E-state index < -0.39 is 0 Å². The fourth-order valence-corrected chi connectivity index (χ4v) is 1.89. The summed E-state index contributed by atoms with van der Waals surface area (Å²) in [5.74, 6) is 1.25. The zero-order valence-corrected chi connectivity index (χ0v) is 12.2. The second-order valence-electron chi connectivity index (χ2n) is 4.75. The molecule has 0 aromatic heterocycles. The van der Waals surface area contributed by atoms with Gasteiger partial charge in [0.2, 0.25) is 5.91 Å². The van der Waals surface area contributed by atoms with Gasteiger partial charge in [0.25, 0.3) is 0 Å². The van der Waals surface area contributed by atoms with Crippen LogP contribution in [0.1, 0.15) is 30.9 Å². The molecule has 4 heteroatoms. The van der Waals surface area contributed by atoms with E-state index in [2.05, 4.69) is 19.2 Å². The van der Waals surface area contributed by atoms with Gasteiger partial charge in [0.05, 0.1) is 20.1 Å². The SMILES string of the molecule is COCCNC(=O)Cc1ccc(OC)c(C(C)C)c1. The summed E-state index contributed by atoms with van der Waals surface area (Å²) >= 11 is 0. The molecule has 1 N–H and O–H groups in total. The first kappa shape index (κ1) is 15.5. The second kappa shape index (κ2) is 7.79. The van der Waals surface area contributed by atoms with Crippen LogP contribution in [0.25, 0.3) is 0 Å². The quantitative estimate of drug-likeness (QED) is 0.768. The monoisotopic (exact) mass is 265 g/mol. The maximum atomic E-state index is 11.7. The van der Waals surface area contributed by atoms with Crippen molar-refractivity contribution in [1.29, 1.82) is 0 Å². The maximum Gasteiger partial charge on any atom is 0.224 e. The van der Waals surface area contributed by atoms with Gasteiger partial charge in [-0.15, -0.1) is 0 Å². The second-order valence-corrected chi connectivity index (χ2v) is 4.75. The molecule has 0 bridgehead atoms. The van der Waals surface area contributed by atoms with Crippen molar-refractivity contribution >= 4 is 5.91 Å². The van der Waals surface area contributed by atoms with Gasteiger partial charge in [-0.25, -0.2) is 0 Å². The predicted octanol–water partition coefficient (Wildman–Crippen LogP) is 2.12. The molecule has 1 rings (SSSR count). The molecule has 0 spiro atoms. The van der Waals surface area contributed by atoms with E-state index in [9.17, 15) is 4.79 Å². The van der Waals surface area contributed by atoms with Gasteiger partial charge in [0, 0.05) is 13.7 Å². The molecular formula is C15H23NO3. The van der Waals surface area contributed by atoms with Crippen LogP contribution in [0.3, 0.4) is 0 Å². The first-order valence-electron chi connectivity index (χ1n) is 6.51. The van der Waals surface area contributed by atoms with E-state index in [1.54, 1.807) is 14.2 Å². The molecule has 19 heavy (non-hydrogen) atoms. The summed E-state index contributed by atoms with van der Waals surface area (Å²) in [5, 5.41) is 2.81. The van der Waals surface area contributed by atoms with Crippen LogP contribution in [0.4, 0.5) is 0 Å². The molecule has 106 valence electrons. The van der Waals surface area contributed by atoms with Crippen LogP contribution in [0.2, 0.25) is 0 Å². The van der Waals surface area contributed by atoms with Gasteiger partial charge < -0.3 is 14.8 Å². The van der Waals surface area contributed by atoms with Crippen molar-refractivity contribution < 1.29 is 14.3 Å². The Morgan fingerprint density at radius 3 is 2.63 bits per heavy atom. The number of carbonyl (C=O) groups is 1. The molecule has 0 unspecified atom stereocenters. The summed E-state index contributed by atoms with van der Waals surface area (Å²) in [7, 11) is 3.28. The smallest absolute Gasteiger partial charge is 0.224 e. The van der Waals surface area contributed by atoms with Crippen molar-refractivity contribution in [3.8, 4) is 5.75 Å². The van der Waals surface area contributed by atoms with Crippen LogP contribution in [0.5, 0.6) is 5.75 Å². The molecule has 1 aromatic carbocycles. The molecule has 0 saturated heterocycles. The van der Waals surface area contributed by atoms with Crippen LogP contribution in [0, 0.1) is 0 Å². The standard InChI is InChI=1S/C15H23NO3/c1-11(2)13-9-12(5-6-14(13)19-4)10-15(17)16-7-8-18-3/h5-6,9,11H,7-8,10H2,1-4H3,(H,16,17). The minimum atomic E-state index is 0.0110. The fourth-order valence-electron chi connectivity index (χ4n) is 1.89. The van der Waals surface area contributed by atoms with Crippen molar-refractivity contribution in [3.63, 3.8) is 0 Å². The van der Waals surface area contributed by atoms with Crippen molar-refractivity contribution in [3.05, 3.63) is 29.3 Å². The molecule has 0 aliphatic heterocycles. The number of hydrogen-bond donors (Lipinski definition) is 1. The van der Waals surface area contributed by atoms with Gasteiger partial charge >= 0.3 is 0 Å². The minimum absolute atomic E-state index is 0.0110. The summed E-state index contributed by atoms with van der Waals surface area (Å²) in [6.45, 7) is 5.30. The summed E-state index contributed by atoms with van der Waals surface area (Å²) in [6.07, 6.45) is 0.382. The van der Waals surface area contributed by atoms with Gasteiger partial charge in [0.15, 0.2) is 0 Å². The van der Waals surface area contributed by atoms with E-state index in [1.807, 2.05) is 18.2 Å². The first-order chi connectivity index (χ1) is 9.08. The van der Waals surface area contributed by atoms with Gasteiger partial charge in [0.1, 0.15) is 5.75 Å². The molecule has 0 saturated carbocycles. The van der Waals surface area contributed by atoms with Crippen LogP contribution in [0.15, 0.2) is 18.2 Å². The van der Waals surface area contributed by atoms with Crippen LogP contribution in [-0.4, -0.2) is 33.3 Å². The summed E-state index contributed by atoms with van der Waals surface area (Å²) in [5.41, 5.74) is 2.13. The third kappa shape index (κ3) is 4.91. The zero-order chi connectivity index (χ0) is 14.3. The lowest BCUT2D eigenvalue weighted by atomic mass is 9.98. The highest BCUT2D eigenvalue weighted by atomic mass is 16.5. The van der Waals surface area contributed by atoms with Crippen molar-refractivity contribution in [2.45, 2.75) is 26.2 Å². The highest BCUT2D eigenvalue weighted by molar-refractivity contribution is 5.78. The number of amides is 1. The van der Waals surface area contributed by atoms with E-state index in [0.717, 1.165) is 16.9 Å². The maximum absolute atomic E-state index is 11.7. The topological polar surface area (TPSA) is 47.6 Å². The number of nitrogens with one attached hydrogen (secondary N) is 1. The summed E-state index contributed by atoms with van der Waals surface area (Å²) in [6, 6.07) is 5.90. The lowest BCUT2D eigenvalue weighted by molar-refractivity contribution is -0.120. The Kier molecular flexibility index (Phi) is 6.36. The Balaban J connectivity index is 2.68. The van der Waals surface area contributed by atoms with Gasteiger partial charge in [-0.1, -0.05) is 26.0 Å². The number of rotatable bonds is 7. The number of methoxy groups -OCH3 is 2. The molecular weight excluding hydrogens is 242 g/mol. The van der Waals surface area contributed by atoms with Crippen LogP contribution >= 0.6 is 0 Å². The van der Waals surface area contributed by atoms with Gasteiger partial charge in [-0.05, 0) is 23.1 Å². The number of carbonyl (C=O) groups excluding carboxylic acids is 1. The molecule has 1 aromatic rings. The van der Waals surface area contributed by atoms with E-state index in [0.29, 0.717) is 25.5 Å². The molecule has 0 aliphatic carbocycles. The highest BCUT2D eigenvalue weighted by Gasteiger charge is 2.10. The molecule has 1 amide bonds. The fraction of sp³-hybridized carbons (Fsp3) is 0.533. The van der Waals surface area contributed by atoms with Crippen molar-refractivity contribution in [2.75, 3.05) is 27.4 Å². The lowest BCUT2D eigenvalue weighted by Gasteiger charge is -2.13. The van der Waals surface area contributed by atoms with Gasteiger partial charge in [-0.3, -0.25) is 4.79 Å². The van der Waals surface area contributed by atoms with E-state index >= 15 is 0 Å². The molecule has 0 atom stereocenters. The Morgan fingerprint density at radius 2 is 2.05 bits per heavy atom. The predicted molar refractivity (Wildman–Crippen MR) is 75.7 cm³/mol. The van der Waals surface area contributed by atoms with E-state index in [1.165, 1.54) is 0 Å². The average Bonchev–Trinajstić information content (AvgIpc) is 2.39. The molecule has 4 nitrogen and oxygen atoms in total. The average molecular weight is 265 g/mol. The van der Waals surface area contributed by atoms with E-state index in [4.69, 9.17) is 9.47 Å². The molecule has 0 radical (unpaired) electrons. The van der Waals surface area contributed by atoms with Crippen LogP contribution < -0.4 is 10.1 Å². The summed E-state index contributed by atoms with van der Waals surface area (Å²) in [4.78, 5) is 11.7. The normalized spacial score (nSPS) is 10.6. The number of hydrogen-bond acceptors (Lipinski definition) is 3. The van der Waals surface area contributed by atoms with Crippen molar-refractivity contribution in [1.82, 2.24) is 5.32 Å². The third-order valence-electron chi connectivity index (χ3n) is 2.91. The van der Waals surface area contributed by atoms with Crippen molar-refractivity contribution in [2.24, 2.45) is 0 Å². The molecule has 0 heterocycles. The number of ether oxygens (including phenoxy) is 2. The highest BCUT2D eigenvalue weighted by Crippen LogP contribution is 2.27. The molecule has 0 fully saturated rings. The first-order valence-corrected chi connectivity index (χ1v) is 6.51. The Morgan fingerprint density at radius 1 is 1.32 bits per heavy atom. The molecule has 0 aliphatic rings. The minimum Gasteiger partial charge on any atom is -0.496 e. The Labute approximate surface area is 115 Å². The zero-order valence-electron chi connectivity index (χ0n) is 12.2. The Hall–Kier alpha value is -1.55. The van der Waals surface area contributed by atoms with E-state index in [-0.39, 0.29) is 5.91 Å². The van der Waals surface area contributed by atoms with Gasteiger partial charge in [-0.2, -0.15) is 0 Å². The third-order valence-corrected chi connectivity index (χ3v) is 2.91. The lowest BCUT2D eigenvalue weighted by Crippen LogP contribution is -2.28. The largest absolute Gasteiger partial charge is 0.496 e. The van der Waals surface area contributed by atoms with Crippen LogP contribution in [-0.2, 0) is 16.0 Å².